The largest absolute Gasteiger partial charge is 0.481 e. The zero-order chi connectivity index (χ0) is 20.2. The van der Waals surface area contributed by atoms with E-state index < -0.39 is 91.9 Å². The molecule has 0 aliphatic rings. The highest BCUT2D eigenvalue weighted by molar-refractivity contribution is 7.25. The number of rotatable bonds is 9. The number of carbonyl (C=O) groups is 2. The molecule has 0 saturated heterocycles. The molecule has 0 radical (unpaired) electrons. The third-order valence-electron chi connectivity index (χ3n) is 3.86. The first-order valence-electron chi connectivity index (χ1n) is 7.16. The van der Waals surface area contributed by atoms with Gasteiger partial charge in [0.25, 0.3) is 0 Å². The van der Waals surface area contributed by atoms with Gasteiger partial charge in [0.2, 0.25) is 11.7 Å². The molecule has 26 heavy (non-hydrogen) atoms. The fraction of sp³-hybridized carbons (Fsp3) is 0.429. The Morgan fingerprint density at radius 3 is 1.88 bits per heavy atom. The highest BCUT2D eigenvalue weighted by Crippen LogP contribution is 2.37. The van der Waals surface area contributed by atoms with Crippen molar-refractivity contribution in [3.63, 3.8) is 0 Å². The Labute approximate surface area is 145 Å². The van der Waals surface area contributed by atoms with Crippen LogP contribution in [0, 0.1) is 35.0 Å². The van der Waals surface area contributed by atoms with E-state index in [2.05, 4.69) is 0 Å². The number of aliphatic carboxylic acids is 1. The zero-order valence-corrected chi connectivity index (χ0v) is 14.2. The standard InChI is InChI=1S/C14H15F5NO5P/c15-8-5(9(16)11(18)12(19)10(8)17)3-4-14(24,26-25)6(13(22)23)1-2-7(20)21/h6,24H,1-4,26H2,(H2,20,21)(H,22,23). The van der Waals surface area contributed by atoms with Gasteiger partial charge in [-0.25, -0.2) is 22.0 Å². The van der Waals surface area contributed by atoms with Crippen LogP contribution in [0.3, 0.4) is 0 Å². The van der Waals surface area contributed by atoms with Crippen molar-refractivity contribution in [1.82, 2.24) is 0 Å². The second-order valence-electron chi connectivity index (χ2n) is 5.55. The smallest absolute Gasteiger partial charge is 0.309 e. The molecule has 4 N–H and O–H groups in total. The van der Waals surface area contributed by atoms with Crippen LogP contribution < -0.4 is 5.73 Å². The molecule has 1 aromatic carbocycles. The normalized spacial score (nSPS) is 15.2. The van der Waals surface area contributed by atoms with Gasteiger partial charge in [0.05, 0.1) is 14.4 Å². The van der Waals surface area contributed by atoms with Crippen molar-refractivity contribution in [2.24, 2.45) is 11.7 Å². The topological polar surface area (TPSA) is 118 Å². The Balaban J connectivity index is 3.17. The van der Waals surface area contributed by atoms with Gasteiger partial charge in [-0.1, -0.05) is 0 Å². The number of carbonyl (C=O) groups excluding carboxylic acids is 1. The number of nitrogens with two attached hydrogens (primary N) is 1. The van der Waals surface area contributed by atoms with Crippen molar-refractivity contribution in [3.8, 4) is 0 Å². The molecule has 12 heteroatoms. The molecule has 146 valence electrons. The quantitative estimate of drug-likeness (QED) is 0.251. The van der Waals surface area contributed by atoms with Crippen LogP contribution in [0.25, 0.3) is 0 Å². The van der Waals surface area contributed by atoms with Gasteiger partial charge < -0.3 is 20.5 Å². The molecular formula is C14H15F5NO5P. The molecule has 0 fully saturated rings. The van der Waals surface area contributed by atoms with Gasteiger partial charge >= 0.3 is 5.97 Å². The Morgan fingerprint density at radius 1 is 1.04 bits per heavy atom. The van der Waals surface area contributed by atoms with E-state index in [1.165, 1.54) is 0 Å². The molecule has 6 nitrogen and oxygen atoms in total. The van der Waals surface area contributed by atoms with Crippen LogP contribution in [-0.4, -0.2) is 27.4 Å². The van der Waals surface area contributed by atoms with Crippen LogP contribution >= 0.6 is 8.46 Å². The third kappa shape index (κ3) is 4.59. The third-order valence-corrected chi connectivity index (χ3v) is 4.96. The molecule has 0 saturated carbocycles. The molecule has 1 rings (SSSR count). The van der Waals surface area contributed by atoms with Gasteiger partial charge in [0.15, 0.2) is 23.3 Å². The summed E-state index contributed by atoms with van der Waals surface area (Å²) >= 11 is 0. The van der Waals surface area contributed by atoms with Crippen molar-refractivity contribution >= 4 is 20.3 Å². The van der Waals surface area contributed by atoms with E-state index in [0.29, 0.717) is 0 Å². The van der Waals surface area contributed by atoms with Crippen molar-refractivity contribution in [2.45, 2.75) is 31.0 Å². The number of carboxylic acid groups (broad SMARTS) is 1. The number of amides is 1. The minimum absolute atomic E-state index is 0.485. The molecule has 1 aromatic rings. The minimum Gasteiger partial charge on any atom is -0.481 e. The minimum atomic E-state index is -2.51. The zero-order valence-electron chi connectivity index (χ0n) is 13.1. The van der Waals surface area contributed by atoms with E-state index in [0.717, 1.165) is 0 Å². The maximum absolute atomic E-state index is 13.6. The molecule has 1 amide bonds. The molecule has 0 aromatic heterocycles. The lowest BCUT2D eigenvalue weighted by atomic mass is 9.91. The van der Waals surface area contributed by atoms with Crippen molar-refractivity contribution in [1.29, 1.82) is 0 Å². The summed E-state index contributed by atoms with van der Waals surface area (Å²) in [5.41, 5.74) is 3.60. The molecule has 3 atom stereocenters. The Bertz CT molecular complexity index is 718. The summed E-state index contributed by atoms with van der Waals surface area (Å²) in [5, 5.41) is 16.9. The van der Waals surface area contributed by atoms with Crippen LogP contribution in [0.1, 0.15) is 24.8 Å². The molecule has 0 aliphatic carbocycles. The number of hydrogen-bond donors (Lipinski definition) is 3. The van der Waals surface area contributed by atoms with Gasteiger partial charge in [-0.15, -0.1) is 0 Å². The first kappa shape index (κ1) is 22.0. The summed E-state index contributed by atoms with van der Waals surface area (Å²) in [5.74, 6) is -15.4. The predicted octanol–water partition coefficient (Wildman–Crippen LogP) is 1.73. The van der Waals surface area contributed by atoms with E-state index in [9.17, 15) is 41.2 Å². The maximum atomic E-state index is 13.6. The summed E-state index contributed by atoms with van der Waals surface area (Å²) in [6, 6.07) is 0. The predicted molar refractivity (Wildman–Crippen MR) is 79.5 cm³/mol. The fourth-order valence-electron chi connectivity index (χ4n) is 2.38. The molecule has 0 bridgehead atoms. The van der Waals surface area contributed by atoms with Crippen molar-refractivity contribution in [3.05, 3.63) is 34.6 Å². The molecular weight excluding hydrogens is 388 g/mol. The highest BCUT2D eigenvalue weighted by atomic mass is 31.1. The molecule has 3 unspecified atom stereocenters. The van der Waals surface area contributed by atoms with Crippen molar-refractivity contribution < 1.29 is 46.3 Å². The van der Waals surface area contributed by atoms with Crippen LogP contribution in [-0.2, 0) is 20.6 Å². The van der Waals surface area contributed by atoms with E-state index >= 15 is 0 Å². The molecule has 0 aliphatic heterocycles. The van der Waals surface area contributed by atoms with Gasteiger partial charge in [-0.05, 0) is 19.3 Å². The average molecular weight is 403 g/mol. The lowest BCUT2D eigenvalue weighted by Gasteiger charge is -2.29. The fourth-order valence-corrected chi connectivity index (χ4v) is 3.12. The number of carboxylic acids is 1. The Hall–Kier alpha value is -2.00. The molecule has 0 heterocycles. The number of hydrogen-bond acceptors (Lipinski definition) is 4. The van der Waals surface area contributed by atoms with Gasteiger partial charge in [-0.2, -0.15) is 0 Å². The lowest BCUT2D eigenvalue weighted by molar-refractivity contribution is -0.148. The number of halogens is 5. The highest BCUT2D eigenvalue weighted by Gasteiger charge is 2.41. The Kier molecular flexibility index (Phi) is 7.28. The lowest BCUT2D eigenvalue weighted by Crippen LogP contribution is -2.39. The SMILES string of the molecule is NC(=O)CCC(C(=O)O)C(O)(CCc1c(F)c(F)c(F)c(F)c1F)[PH2]=O. The van der Waals surface area contributed by atoms with E-state index in [1.807, 2.05) is 0 Å². The monoisotopic (exact) mass is 403 g/mol. The summed E-state index contributed by atoms with van der Waals surface area (Å²) < 4.78 is 78.0. The second-order valence-corrected chi connectivity index (χ2v) is 6.79. The number of benzene rings is 1. The van der Waals surface area contributed by atoms with Crippen LogP contribution in [0.5, 0.6) is 0 Å². The van der Waals surface area contributed by atoms with E-state index in [4.69, 9.17) is 10.8 Å². The second kappa shape index (κ2) is 8.59. The van der Waals surface area contributed by atoms with Crippen LogP contribution in [0.4, 0.5) is 22.0 Å². The maximum Gasteiger partial charge on any atom is 0.309 e. The van der Waals surface area contributed by atoms with E-state index in [-0.39, 0.29) is 0 Å². The summed E-state index contributed by atoms with van der Waals surface area (Å²) in [7, 11) is -2.26. The van der Waals surface area contributed by atoms with Crippen LogP contribution in [0.15, 0.2) is 0 Å². The average Bonchev–Trinajstić information content (AvgIpc) is 2.57. The first-order chi connectivity index (χ1) is 12.0. The van der Waals surface area contributed by atoms with Gasteiger partial charge in [-0.3, -0.25) is 9.59 Å². The molecule has 0 spiro atoms. The summed E-state index contributed by atoms with van der Waals surface area (Å²) in [4.78, 5) is 22.0. The van der Waals surface area contributed by atoms with E-state index in [1.54, 1.807) is 0 Å². The number of aliphatic hydroxyl groups is 1. The van der Waals surface area contributed by atoms with Gasteiger partial charge in [0.1, 0.15) is 5.34 Å². The summed E-state index contributed by atoms with van der Waals surface area (Å²) in [6.07, 6.45) is -2.85. The first-order valence-corrected chi connectivity index (χ1v) is 8.21. The van der Waals surface area contributed by atoms with Gasteiger partial charge in [0, 0.05) is 12.0 Å². The van der Waals surface area contributed by atoms with Crippen molar-refractivity contribution in [2.75, 3.05) is 0 Å². The Morgan fingerprint density at radius 2 is 1.50 bits per heavy atom. The van der Waals surface area contributed by atoms with Crippen LogP contribution in [0.2, 0.25) is 0 Å². The summed E-state index contributed by atoms with van der Waals surface area (Å²) in [6.45, 7) is 0. The number of primary amides is 1.